The molecule has 1 atom stereocenters. The molecular weight excluding hydrogens is 474 g/mol. The van der Waals surface area contributed by atoms with Gasteiger partial charge < -0.3 is 20.4 Å². The van der Waals surface area contributed by atoms with Crippen LogP contribution in [0.25, 0.3) is 0 Å². The van der Waals surface area contributed by atoms with Crippen molar-refractivity contribution in [3.05, 3.63) is 52.5 Å². The number of aromatic nitrogens is 1. The van der Waals surface area contributed by atoms with Crippen molar-refractivity contribution in [3.63, 3.8) is 0 Å². The smallest absolute Gasteiger partial charge is 0.328 e. The standard InChI is InChI=1S/C17H18ClN3OS2.C4H4O4/c18-12-1-3-13(4-2-12)23-17-19-9-15(24-17)16(22)20-14-10-21-7-5-11(14)6-8-21;5-3(6)1-2-4(7)8/h1-4,9,11,14H,5-8,10H2,(H,20,22);1-2H,(H,5,6)(H,7,8)/t14-;/m0./s1. The van der Waals surface area contributed by atoms with Crippen LogP contribution in [-0.2, 0) is 9.59 Å². The van der Waals surface area contributed by atoms with Crippen LogP contribution < -0.4 is 5.32 Å². The minimum Gasteiger partial charge on any atom is -0.478 e. The molecule has 0 unspecified atom stereocenters. The number of benzene rings is 1. The fourth-order valence-electron chi connectivity index (χ4n) is 3.52. The Morgan fingerprint density at radius 1 is 1.12 bits per heavy atom. The molecule has 3 saturated heterocycles. The van der Waals surface area contributed by atoms with E-state index in [0.29, 0.717) is 22.9 Å². The summed E-state index contributed by atoms with van der Waals surface area (Å²) in [5, 5.41) is 19.6. The second kappa shape index (κ2) is 11.5. The Hall–Kier alpha value is -2.40. The third-order valence-electron chi connectivity index (χ3n) is 5.07. The third kappa shape index (κ3) is 7.33. The first kappa shape index (κ1) is 24.2. The molecule has 0 spiro atoms. The average Bonchev–Trinajstić information content (AvgIpc) is 3.24. The lowest BCUT2D eigenvalue weighted by Gasteiger charge is -2.44. The van der Waals surface area contributed by atoms with Gasteiger partial charge in [0.2, 0.25) is 0 Å². The van der Waals surface area contributed by atoms with Gasteiger partial charge in [-0.05, 0) is 56.1 Å². The van der Waals surface area contributed by atoms with Crippen LogP contribution in [0.1, 0.15) is 22.5 Å². The van der Waals surface area contributed by atoms with E-state index in [4.69, 9.17) is 21.8 Å². The van der Waals surface area contributed by atoms with Gasteiger partial charge in [-0.2, -0.15) is 0 Å². The highest BCUT2D eigenvalue weighted by molar-refractivity contribution is 8.01. The Bertz CT molecular complexity index is 972. The van der Waals surface area contributed by atoms with Crippen molar-refractivity contribution in [1.29, 1.82) is 0 Å². The van der Waals surface area contributed by atoms with E-state index in [1.165, 1.54) is 37.3 Å². The summed E-state index contributed by atoms with van der Waals surface area (Å²) in [6.07, 6.45) is 5.20. The summed E-state index contributed by atoms with van der Waals surface area (Å²) >= 11 is 8.90. The van der Waals surface area contributed by atoms with Crippen molar-refractivity contribution in [3.8, 4) is 0 Å². The molecular formula is C21H22ClN3O5S2. The predicted molar refractivity (Wildman–Crippen MR) is 123 cm³/mol. The van der Waals surface area contributed by atoms with Crippen LogP contribution in [0.15, 0.2) is 51.8 Å². The number of rotatable bonds is 6. The summed E-state index contributed by atoms with van der Waals surface area (Å²) in [6.45, 7) is 3.35. The van der Waals surface area contributed by atoms with Crippen molar-refractivity contribution in [2.75, 3.05) is 19.6 Å². The quantitative estimate of drug-likeness (QED) is 0.521. The molecule has 170 valence electrons. The van der Waals surface area contributed by atoms with E-state index in [2.05, 4.69) is 15.2 Å². The van der Waals surface area contributed by atoms with E-state index in [1.807, 2.05) is 24.3 Å². The van der Waals surface area contributed by atoms with Crippen molar-refractivity contribution in [1.82, 2.24) is 15.2 Å². The first-order valence-electron chi connectivity index (χ1n) is 9.86. The fourth-order valence-corrected chi connectivity index (χ4v) is 5.50. The fraction of sp³-hybridized carbons (Fsp3) is 0.333. The van der Waals surface area contributed by atoms with Gasteiger partial charge in [-0.15, -0.1) is 11.3 Å². The van der Waals surface area contributed by atoms with Gasteiger partial charge >= 0.3 is 11.9 Å². The Labute approximate surface area is 198 Å². The molecule has 11 heteroatoms. The van der Waals surface area contributed by atoms with Gasteiger partial charge in [0, 0.05) is 34.7 Å². The molecule has 2 aromatic rings. The number of nitrogens with zero attached hydrogens (tertiary/aromatic N) is 2. The molecule has 32 heavy (non-hydrogen) atoms. The molecule has 3 aliphatic heterocycles. The normalized spacial score (nSPS) is 21.6. The Morgan fingerprint density at radius 2 is 1.75 bits per heavy atom. The van der Waals surface area contributed by atoms with Crippen molar-refractivity contribution in [2.45, 2.75) is 28.1 Å². The van der Waals surface area contributed by atoms with Gasteiger partial charge in [-0.1, -0.05) is 23.4 Å². The van der Waals surface area contributed by atoms with E-state index < -0.39 is 11.9 Å². The van der Waals surface area contributed by atoms with Crippen molar-refractivity contribution >= 4 is 52.5 Å². The lowest BCUT2D eigenvalue weighted by atomic mass is 9.84. The Balaban J connectivity index is 0.000000312. The number of piperidine rings is 3. The maximum absolute atomic E-state index is 12.5. The molecule has 1 aromatic heterocycles. The van der Waals surface area contributed by atoms with E-state index in [0.717, 1.165) is 20.8 Å². The molecule has 0 aliphatic carbocycles. The molecule has 0 radical (unpaired) electrons. The van der Waals surface area contributed by atoms with Gasteiger partial charge in [0.25, 0.3) is 5.91 Å². The Morgan fingerprint density at radius 3 is 2.28 bits per heavy atom. The molecule has 2 bridgehead atoms. The molecule has 1 aromatic carbocycles. The summed E-state index contributed by atoms with van der Waals surface area (Å²) in [4.78, 5) is 40.2. The number of carbonyl (C=O) groups is 3. The number of carboxylic acids is 2. The number of aliphatic carboxylic acids is 2. The molecule has 5 rings (SSSR count). The number of fused-ring (bicyclic) bond motifs is 3. The highest BCUT2D eigenvalue weighted by Crippen LogP contribution is 2.32. The van der Waals surface area contributed by atoms with Crippen LogP contribution in [0.4, 0.5) is 0 Å². The number of thiazole rings is 1. The van der Waals surface area contributed by atoms with Gasteiger partial charge in [0.1, 0.15) is 4.88 Å². The number of amides is 1. The van der Waals surface area contributed by atoms with E-state index in [9.17, 15) is 14.4 Å². The summed E-state index contributed by atoms with van der Waals surface area (Å²) < 4.78 is 0.872. The van der Waals surface area contributed by atoms with Gasteiger partial charge in [0.15, 0.2) is 4.34 Å². The highest BCUT2D eigenvalue weighted by Gasteiger charge is 2.35. The third-order valence-corrected chi connectivity index (χ3v) is 7.40. The van der Waals surface area contributed by atoms with Gasteiger partial charge in [0.05, 0.1) is 6.20 Å². The zero-order valence-electron chi connectivity index (χ0n) is 16.9. The van der Waals surface area contributed by atoms with E-state index in [-0.39, 0.29) is 11.9 Å². The zero-order valence-corrected chi connectivity index (χ0v) is 19.3. The number of halogens is 1. The van der Waals surface area contributed by atoms with Crippen LogP contribution in [0, 0.1) is 5.92 Å². The van der Waals surface area contributed by atoms with Gasteiger partial charge in [-0.3, -0.25) is 4.79 Å². The molecule has 3 aliphatic rings. The minimum absolute atomic E-state index is 0.00852. The average molecular weight is 496 g/mol. The molecule has 4 heterocycles. The lowest BCUT2D eigenvalue weighted by molar-refractivity contribution is -0.134. The number of nitrogens with one attached hydrogen (secondary N) is 1. The number of carboxylic acid groups (broad SMARTS) is 2. The summed E-state index contributed by atoms with van der Waals surface area (Å²) in [5.41, 5.74) is 0. The minimum atomic E-state index is -1.26. The zero-order chi connectivity index (χ0) is 23.1. The SMILES string of the molecule is O=C(N[C@H]1CN2CCC1CC2)c1cnc(Sc2ccc(Cl)cc2)s1.O=C(O)C=CC(=O)O. The summed E-state index contributed by atoms with van der Waals surface area (Å²) in [7, 11) is 0. The second-order valence-electron chi connectivity index (χ2n) is 7.27. The number of carbonyl (C=O) groups excluding carboxylic acids is 1. The largest absolute Gasteiger partial charge is 0.478 e. The second-order valence-corrected chi connectivity index (χ2v) is 10.1. The molecule has 1 amide bonds. The monoisotopic (exact) mass is 495 g/mol. The van der Waals surface area contributed by atoms with Crippen LogP contribution in [0.2, 0.25) is 5.02 Å². The van der Waals surface area contributed by atoms with Crippen LogP contribution in [-0.4, -0.2) is 63.6 Å². The maximum Gasteiger partial charge on any atom is 0.328 e. The van der Waals surface area contributed by atoms with Crippen molar-refractivity contribution < 1.29 is 24.6 Å². The van der Waals surface area contributed by atoms with Crippen LogP contribution in [0.3, 0.4) is 0 Å². The highest BCUT2D eigenvalue weighted by atomic mass is 35.5. The summed E-state index contributed by atoms with van der Waals surface area (Å²) in [6, 6.07) is 7.93. The lowest BCUT2D eigenvalue weighted by Crippen LogP contribution is -2.57. The van der Waals surface area contributed by atoms with Crippen molar-refractivity contribution in [2.24, 2.45) is 5.92 Å². The van der Waals surface area contributed by atoms with Gasteiger partial charge in [-0.25, -0.2) is 14.6 Å². The molecule has 0 saturated carbocycles. The maximum atomic E-state index is 12.5. The van der Waals surface area contributed by atoms with E-state index in [1.54, 1.807) is 18.0 Å². The first-order chi connectivity index (χ1) is 15.3. The van der Waals surface area contributed by atoms with Crippen LogP contribution in [0.5, 0.6) is 0 Å². The first-order valence-corrected chi connectivity index (χ1v) is 11.9. The molecule has 8 nitrogen and oxygen atoms in total. The number of hydrogen-bond acceptors (Lipinski definition) is 7. The topological polar surface area (TPSA) is 120 Å². The number of hydrogen-bond donors (Lipinski definition) is 3. The molecule has 3 fully saturated rings. The predicted octanol–water partition coefficient (Wildman–Crippen LogP) is 3.48. The van der Waals surface area contributed by atoms with E-state index >= 15 is 0 Å². The Kier molecular flexibility index (Phi) is 8.68. The molecule has 3 N–H and O–H groups in total. The summed E-state index contributed by atoms with van der Waals surface area (Å²) in [5.74, 6) is -1.87. The van der Waals surface area contributed by atoms with Crippen LogP contribution >= 0.6 is 34.7 Å².